The number of hydrogen-bond acceptors (Lipinski definition) is 0. The molecule has 0 aromatic heterocycles. The highest BCUT2D eigenvalue weighted by molar-refractivity contribution is 5.20. The van der Waals surface area contributed by atoms with Crippen molar-refractivity contribution >= 4 is 0 Å². The van der Waals surface area contributed by atoms with Crippen molar-refractivity contribution in [3.05, 3.63) is 48.0 Å². The van der Waals surface area contributed by atoms with Crippen LogP contribution < -0.4 is 0 Å². The van der Waals surface area contributed by atoms with Crippen LogP contribution in [0.3, 0.4) is 0 Å². The highest BCUT2D eigenvalue weighted by Gasteiger charge is 2.20. The molecule has 1 aromatic rings. The first-order chi connectivity index (χ1) is 7.59. The summed E-state index contributed by atoms with van der Waals surface area (Å²) in [7, 11) is 0. The standard InChI is InChI=1S/C16H24/c1-5-12-16(3,4)13-14(6-2)15-10-8-7-9-11-15/h5,7-12,14H,6,13H2,1-4H3/b12-5+. The van der Waals surface area contributed by atoms with Gasteiger partial charge in [0, 0.05) is 0 Å². The lowest BCUT2D eigenvalue weighted by Crippen LogP contribution is -2.13. The average molecular weight is 216 g/mol. The fourth-order valence-electron chi connectivity index (χ4n) is 2.38. The summed E-state index contributed by atoms with van der Waals surface area (Å²) in [5.74, 6) is 0.674. The Bertz CT molecular complexity index is 319. The van der Waals surface area contributed by atoms with E-state index in [2.05, 4.69) is 70.2 Å². The smallest absolute Gasteiger partial charge is 0.0157 e. The van der Waals surface area contributed by atoms with Crippen molar-refractivity contribution in [2.45, 2.75) is 46.5 Å². The number of allylic oxidation sites excluding steroid dienone is 2. The van der Waals surface area contributed by atoms with E-state index in [1.807, 2.05) is 0 Å². The first-order valence-corrected chi connectivity index (χ1v) is 6.28. The SMILES string of the molecule is C/C=C/C(C)(C)CC(CC)c1ccccc1. The van der Waals surface area contributed by atoms with Crippen molar-refractivity contribution in [2.75, 3.05) is 0 Å². The van der Waals surface area contributed by atoms with Gasteiger partial charge in [-0.05, 0) is 36.7 Å². The van der Waals surface area contributed by atoms with Crippen molar-refractivity contribution < 1.29 is 0 Å². The van der Waals surface area contributed by atoms with E-state index >= 15 is 0 Å². The second kappa shape index (κ2) is 5.89. The molecule has 0 nitrogen and oxygen atoms in total. The van der Waals surface area contributed by atoms with Crippen LogP contribution in [0.5, 0.6) is 0 Å². The van der Waals surface area contributed by atoms with Crippen molar-refractivity contribution in [1.29, 1.82) is 0 Å². The van der Waals surface area contributed by atoms with Gasteiger partial charge in [0.15, 0.2) is 0 Å². The van der Waals surface area contributed by atoms with Crippen LogP contribution in [-0.4, -0.2) is 0 Å². The number of hydrogen-bond donors (Lipinski definition) is 0. The molecule has 0 heterocycles. The molecule has 0 N–H and O–H groups in total. The Labute approximate surface area is 100 Å². The number of rotatable bonds is 5. The van der Waals surface area contributed by atoms with Crippen LogP contribution >= 0.6 is 0 Å². The van der Waals surface area contributed by atoms with E-state index in [1.165, 1.54) is 18.4 Å². The van der Waals surface area contributed by atoms with E-state index < -0.39 is 0 Å². The Morgan fingerprint density at radius 3 is 2.31 bits per heavy atom. The zero-order valence-corrected chi connectivity index (χ0v) is 11.0. The second-order valence-corrected chi connectivity index (χ2v) is 5.21. The van der Waals surface area contributed by atoms with Crippen molar-refractivity contribution in [1.82, 2.24) is 0 Å². The summed E-state index contributed by atoms with van der Waals surface area (Å²) in [6.45, 7) is 9.02. The van der Waals surface area contributed by atoms with Crippen LogP contribution in [0.2, 0.25) is 0 Å². The molecule has 0 heteroatoms. The lowest BCUT2D eigenvalue weighted by Gasteiger charge is -2.26. The van der Waals surface area contributed by atoms with E-state index in [0.29, 0.717) is 11.3 Å². The third-order valence-corrected chi connectivity index (χ3v) is 3.15. The van der Waals surface area contributed by atoms with E-state index in [9.17, 15) is 0 Å². The van der Waals surface area contributed by atoms with Gasteiger partial charge in [0.1, 0.15) is 0 Å². The lowest BCUT2D eigenvalue weighted by atomic mass is 9.78. The van der Waals surface area contributed by atoms with E-state index in [0.717, 1.165) is 0 Å². The predicted molar refractivity (Wildman–Crippen MR) is 72.7 cm³/mol. The second-order valence-electron chi connectivity index (χ2n) is 5.21. The third-order valence-electron chi connectivity index (χ3n) is 3.15. The van der Waals surface area contributed by atoms with E-state index in [4.69, 9.17) is 0 Å². The maximum Gasteiger partial charge on any atom is -0.0157 e. The normalized spacial score (nSPS) is 14.2. The molecule has 0 amide bonds. The Morgan fingerprint density at radius 1 is 1.19 bits per heavy atom. The van der Waals surface area contributed by atoms with Gasteiger partial charge in [-0.15, -0.1) is 0 Å². The third kappa shape index (κ3) is 3.84. The van der Waals surface area contributed by atoms with Gasteiger partial charge in [0.2, 0.25) is 0 Å². The lowest BCUT2D eigenvalue weighted by molar-refractivity contribution is 0.382. The molecule has 0 spiro atoms. The minimum Gasteiger partial charge on any atom is -0.0911 e. The van der Waals surface area contributed by atoms with Gasteiger partial charge in [-0.1, -0.05) is 63.3 Å². The summed E-state index contributed by atoms with van der Waals surface area (Å²) in [6, 6.07) is 10.9. The van der Waals surface area contributed by atoms with Gasteiger partial charge in [-0.2, -0.15) is 0 Å². The first-order valence-electron chi connectivity index (χ1n) is 6.28. The molecule has 0 fully saturated rings. The van der Waals surface area contributed by atoms with Gasteiger partial charge < -0.3 is 0 Å². The highest BCUT2D eigenvalue weighted by atomic mass is 14.2. The van der Waals surface area contributed by atoms with Crippen LogP contribution in [0, 0.1) is 5.41 Å². The van der Waals surface area contributed by atoms with Crippen LogP contribution in [0.4, 0.5) is 0 Å². The molecule has 0 saturated carbocycles. The van der Waals surface area contributed by atoms with E-state index in [-0.39, 0.29) is 0 Å². The molecule has 1 atom stereocenters. The number of benzene rings is 1. The minimum atomic E-state index is 0.297. The van der Waals surface area contributed by atoms with Crippen molar-refractivity contribution in [3.8, 4) is 0 Å². The summed E-state index contributed by atoms with van der Waals surface area (Å²) < 4.78 is 0. The van der Waals surface area contributed by atoms with Crippen LogP contribution in [0.15, 0.2) is 42.5 Å². The first kappa shape index (κ1) is 13.0. The molecule has 0 saturated heterocycles. The van der Waals surface area contributed by atoms with E-state index in [1.54, 1.807) is 0 Å². The Balaban J connectivity index is 2.77. The quantitative estimate of drug-likeness (QED) is 0.595. The zero-order valence-electron chi connectivity index (χ0n) is 11.0. The molecule has 0 aliphatic carbocycles. The Hall–Kier alpha value is -1.04. The summed E-state index contributed by atoms with van der Waals surface area (Å²) in [6.07, 6.45) is 6.92. The highest BCUT2D eigenvalue weighted by Crippen LogP contribution is 2.34. The van der Waals surface area contributed by atoms with Gasteiger partial charge in [0.05, 0.1) is 0 Å². The van der Waals surface area contributed by atoms with Gasteiger partial charge >= 0.3 is 0 Å². The largest absolute Gasteiger partial charge is 0.0911 e. The van der Waals surface area contributed by atoms with Gasteiger partial charge in [-0.3, -0.25) is 0 Å². The summed E-state index contributed by atoms with van der Waals surface area (Å²) in [4.78, 5) is 0. The minimum absolute atomic E-state index is 0.297. The van der Waals surface area contributed by atoms with Crippen LogP contribution in [0.1, 0.15) is 52.0 Å². The molecule has 1 rings (SSSR count). The van der Waals surface area contributed by atoms with Crippen LogP contribution in [0.25, 0.3) is 0 Å². The Kier molecular flexibility index (Phi) is 4.79. The molecule has 1 aromatic carbocycles. The fourth-order valence-corrected chi connectivity index (χ4v) is 2.38. The molecule has 0 bridgehead atoms. The topological polar surface area (TPSA) is 0 Å². The van der Waals surface area contributed by atoms with Gasteiger partial charge in [-0.25, -0.2) is 0 Å². The maximum absolute atomic E-state index is 2.32. The molecule has 88 valence electrons. The predicted octanol–water partition coefficient (Wildman–Crippen LogP) is 5.17. The van der Waals surface area contributed by atoms with Crippen molar-refractivity contribution in [2.24, 2.45) is 5.41 Å². The van der Waals surface area contributed by atoms with Crippen molar-refractivity contribution in [3.63, 3.8) is 0 Å². The molecular weight excluding hydrogens is 192 g/mol. The monoisotopic (exact) mass is 216 g/mol. The molecule has 0 aliphatic rings. The molecule has 0 radical (unpaired) electrons. The molecule has 0 aliphatic heterocycles. The summed E-state index contributed by atoms with van der Waals surface area (Å²) in [5.41, 5.74) is 1.77. The zero-order chi connectivity index (χ0) is 12.0. The molecular formula is C16H24. The molecule has 16 heavy (non-hydrogen) atoms. The Morgan fingerprint density at radius 2 is 1.81 bits per heavy atom. The maximum atomic E-state index is 2.32. The van der Waals surface area contributed by atoms with Gasteiger partial charge in [0.25, 0.3) is 0 Å². The molecule has 1 unspecified atom stereocenters. The fraction of sp³-hybridized carbons (Fsp3) is 0.500. The summed E-state index contributed by atoms with van der Waals surface area (Å²) in [5, 5.41) is 0. The van der Waals surface area contributed by atoms with Crippen LogP contribution in [-0.2, 0) is 0 Å². The summed E-state index contributed by atoms with van der Waals surface area (Å²) >= 11 is 0. The average Bonchev–Trinajstić information content (AvgIpc) is 2.27.